The summed E-state index contributed by atoms with van der Waals surface area (Å²) in [7, 11) is 1.55. The number of hydrogen-bond donors (Lipinski definition) is 2. The monoisotopic (exact) mass is 373 g/mol. The van der Waals surface area contributed by atoms with Crippen molar-refractivity contribution in [2.24, 2.45) is 0 Å². The molecule has 1 atom stereocenters. The third-order valence-electron chi connectivity index (χ3n) is 3.80. The Balaban J connectivity index is 2.05. The minimum Gasteiger partial charge on any atom is -0.497 e. The SMILES string of the molecule is COc1ccc(C[C@@H](NC(=O)/C=C(\Cl)c2ccc(C)cc2)C(=O)O)cc1. The van der Waals surface area contributed by atoms with Crippen molar-refractivity contribution in [3.63, 3.8) is 0 Å². The Bertz CT molecular complexity index is 798. The standard InChI is InChI=1S/C20H20ClNO4/c1-13-3-7-15(8-4-13)17(21)12-19(23)22-18(20(24)25)11-14-5-9-16(26-2)10-6-14/h3-10,12,18H,11H2,1-2H3,(H,22,23)(H,24,25)/b17-12-/t18-/m1/s1. The number of hydrogen-bond acceptors (Lipinski definition) is 3. The molecule has 0 spiro atoms. The summed E-state index contributed by atoms with van der Waals surface area (Å²) in [5.74, 6) is -0.997. The highest BCUT2D eigenvalue weighted by atomic mass is 35.5. The van der Waals surface area contributed by atoms with Crippen molar-refractivity contribution in [2.45, 2.75) is 19.4 Å². The van der Waals surface area contributed by atoms with Gasteiger partial charge in [0.25, 0.3) is 0 Å². The molecule has 2 aromatic rings. The van der Waals surface area contributed by atoms with Gasteiger partial charge in [-0.3, -0.25) is 4.79 Å². The summed E-state index contributed by atoms with van der Waals surface area (Å²) in [4.78, 5) is 23.6. The molecule has 136 valence electrons. The van der Waals surface area contributed by atoms with Gasteiger partial charge in [0.2, 0.25) is 5.91 Å². The second-order valence-corrected chi connectivity index (χ2v) is 6.22. The Morgan fingerprint density at radius 3 is 2.31 bits per heavy atom. The molecule has 0 saturated carbocycles. The summed E-state index contributed by atoms with van der Waals surface area (Å²) in [5.41, 5.74) is 2.54. The minimum atomic E-state index is -1.12. The van der Waals surface area contributed by atoms with E-state index < -0.39 is 17.9 Å². The number of methoxy groups -OCH3 is 1. The van der Waals surface area contributed by atoms with E-state index in [4.69, 9.17) is 16.3 Å². The molecule has 0 saturated heterocycles. The first-order valence-corrected chi connectivity index (χ1v) is 8.37. The molecule has 0 aliphatic heterocycles. The number of rotatable bonds is 7. The second kappa shape index (κ2) is 9.06. The fraction of sp³-hybridized carbons (Fsp3) is 0.200. The number of halogens is 1. The Morgan fingerprint density at radius 2 is 1.77 bits per heavy atom. The van der Waals surface area contributed by atoms with E-state index in [2.05, 4.69) is 5.32 Å². The van der Waals surface area contributed by atoms with Gasteiger partial charge in [-0.05, 0) is 30.2 Å². The second-order valence-electron chi connectivity index (χ2n) is 5.81. The lowest BCUT2D eigenvalue weighted by Gasteiger charge is -2.14. The van der Waals surface area contributed by atoms with Gasteiger partial charge in [-0.25, -0.2) is 4.79 Å². The molecule has 2 rings (SSSR count). The number of aryl methyl sites for hydroxylation is 1. The molecule has 0 heterocycles. The predicted molar refractivity (Wildman–Crippen MR) is 101 cm³/mol. The van der Waals surface area contributed by atoms with Gasteiger partial charge in [-0.15, -0.1) is 0 Å². The number of amides is 1. The maximum Gasteiger partial charge on any atom is 0.326 e. The van der Waals surface area contributed by atoms with Crippen LogP contribution in [0, 0.1) is 6.92 Å². The lowest BCUT2D eigenvalue weighted by atomic mass is 10.1. The van der Waals surface area contributed by atoms with Crippen LogP contribution in [-0.2, 0) is 16.0 Å². The molecule has 5 nitrogen and oxygen atoms in total. The molecule has 0 fully saturated rings. The van der Waals surface area contributed by atoms with Crippen molar-refractivity contribution in [1.29, 1.82) is 0 Å². The lowest BCUT2D eigenvalue weighted by molar-refractivity contribution is -0.141. The summed E-state index contributed by atoms with van der Waals surface area (Å²) in [6.45, 7) is 1.95. The van der Waals surface area contributed by atoms with E-state index in [0.717, 1.165) is 11.1 Å². The number of carbonyl (C=O) groups is 2. The van der Waals surface area contributed by atoms with Crippen molar-refractivity contribution in [2.75, 3.05) is 7.11 Å². The van der Waals surface area contributed by atoms with Crippen LogP contribution in [0.2, 0.25) is 0 Å². The predicted octanol–water partition coefficient (Wildman–Crippen LogP) is 3.40. The summed E-state index contributed by atoms with van der Waals surface area (Å²) in [6.07, 6.45) is 1.34. The van der Waals surface area contributed by atoms with Crippen LogP contribution in [0.25, 0.3) is 5.03 Å². The Labute approximate surface area is 157 Å². The molecule has 6 heteroatoms. The fourth-order valence-corrected chi connectivity index (χ4v) is 2.55. The van der Waals surface area contributed by atoms with E-state index in [9.17, 15) is 14.7 Å². The molecule has 0 aliphatic carbocycles. The Morgan fingerprint density at radius 1 is 1.15 bits per heavy atom. The average Bonchev–Trinajstić information content (AvgIpc) is 2.62. The zero-order valence-electron chi connectivity index (χ0n) is 14.5. The topological polar surface area (TPSA) is 75.6 Å². The largest absolute Gasteiger partial charge is 0.497 e. The van der Waals surface area contributed by atoms with Crippen molar-refractivity contribution in [3.8, 4) is 5.75 Å². The maximum atomic E-state index is 12.1. The molecule has 2 N–H and O–H groups in total. The van der Waals surface area contributed by atoms with E-state index in [1.54, 1.807) is 43.5 Å². The molecule has 1 amide bonds. The Hall–Kier alpha value is -2.79. The number of benzene rings is 2. The molecule has 0 radical (unpaired) electrons. The highest BCUT2D eigenvalue weighted by Gasteiger charge is 2.20. The molecule has 2 aromatic carbocycles. The molecule has 26 heavy (non-hydrogen) atoms. The van der Waals surface area contributed by atoms with E-state index in [0.29, 0.717) is 11.3 Å². The summed E-state index contributed by atoms with van der Waals surface area (Å²) in [5, 5.41) is 12.1. The van der Waals surface area contributed by atoms with Gasteiger partial charge in [-0.1, -0.05) is 53.6 Å². The molecular formula is C20H20ClNO4. The van der Waals surface area contributed by atoms with Gasteiger partial charge in [0.15, 0.2) is 0 Å². The molecule has 0 aliphatic rings. The first-order valence-electron chi connectivity index (χ1n) is 7.99. The first-order chi connectivity index (χ1) is 12.4. The molecule has 0 aromatic heterocycles. The van der Waals surface area contributed by atoms with Gasteiger partial charge in [-0.2, -0.15) is 0 Å². The highest BCUT2D eigenvalue weighted by Crippen LogP contribution is 2.19. The van der Waals surface area contributed by atoms with E-state index >= 15 is 0 Å². The third-order valence-corrected chi connectivity index (χ3v) is 4.13. The number of aliphatic carboxylic acids is 1. The summed E-state index contributed by atoms with van der Waals surface area (Å²) >= 11 is 6.15. The average molecular weight is 374 g/mol. The minimum absolute atomic E-state index is 0.154. The number of ether oxygens (including phenoxy) is 1. The molecule has 0 unspecified atom stereocenters. The summed E-state index contributed by atoms with van der Waals surface area (Å²) < 4.78 is 5.07. The first kappa shape index (κ1) is 19.5. The highest BCUT2D eigenvalue weighted by molar-refractivity contribution is 6.50. The van der Waals surface area contributed by atoms with Crippen molar-refractivity contribution in [1.82, 2.24) is 5.32 Å². The van der Waals surface area contributed by atoms with Gasteiger partial charge in [0.1, 0.15) is 11.8 Å². The number of nitrogens with one attached hydrogen (secondary N) is 1. The van der Waals surface area contributed by atoms with Crippen LogP contribution in [0.1, 0.15) is 16.7 Å². The fourth-order valence-electron chi connectivity index (χ4n) is 2.32. The lowest BCUT2D eigenvalue weighted by Crippen LogP contribution is -2.41. The van der Waals surface area contributed by atoms with E-state index in [1.165, 1.54) is 6.08 Å². The van der Waals surface area contributed by atoms with Crippen molar-refractivity contribution >= 4 is 28.5 Å². The van der Waals surface area contributed by atoms with Crippen LogP contribution in [0.5, 0.6) is 5.75 Å². The van der Waals surface area contributed by atoms with Crippen LogP contribution in [-0.4, -0.2) is 30.1 Å². The van der Waals surface area contributed by atoms with Crippen LogP contribution >= 0.6 is 11.6 Å². The molecule has 0 bridgehead atoms. The Kier molecular flexibility index (Phi) is 6.81. The van der Waals surface area contributed by atoms with E-state index in [1.807, 2.05) is 19.1 Å². The van der Waals surface area contributed by atoms with Crippen LogP contribution < -0.4 is 10.1 Å². The zero-order valence-corrected chi connectivity index (χ0v) is 15.3. The normalized spacial score (nSPS) is 12.3. The van der Waals surface area contributed by atoms with Gasteiger partial charge in [0.05, 0.1) is 12.1 Å². The maximum absolute atomic E-state index is 12.1. The number of carboxylic acid groups (broad SMARTS) is 1. The number of carbonyl (C=O) groups excluding carboxylic acids is 1. The van der Waals surface area contributed by atoms with Gasteiger partial charge >= 0.3 is 5.97 Å². The third kappa shape index (κ3) is 5.63. The van der Waals surface area contributed by atoms with Crippen molar-refractivity contribution in [3.05, 3.63) is 71.3 Å². The van der Waals surface area contributed by atoms with Gasteiger partial charge in [0, 0.05) is 12.5 Å². The van der Waals surface area contributed by atoms with E-state index in [-0.39, 0.29) is 11.5 Å². The van der Waals surface area contributed by atoms with Crippen molar-refractivity contribution < 1.29 is 19.4 Å². The van der Waals surface area contributed by atoms with Gasteiger partial charge < -0.3 is 15.2 Å². The number of carboxylic acids is 1. The quantitative estimate of drug-likeness (QED) is 0.729. The van der Waals surface area contributed by atoms with Crippen LogP contribution in [0.15, 0.2) is 54.6 Å². The van der Waals surface area contributed by atoms with Crippen LogP contribution in [0.4, 0.5) is 0 Å². The zero-order chi connectivity index (χ0) is 19.1. The smallest absolute Gasteiger partial charge is 0.326 e. The molecular weight excluding hydrogens is 354 g/mol. The van der Waals surface area contributed by atoms with Crippen LogP contribution in [0.3, 0.4) is 0 Å². The summed E-state index contributed by atoms with van der Waals surface area (Å²) in [6, 6.07) is 13.3.